The summed E-state index contributed by atoms with van der Waals surface area (Å²) in [5.41, 5.74) is 0. The molecule has 1 heterocycles. The zero-order valence-corrected chi connectivity index (χ0v) is 11.0. The zero-order chi connectivity index (χ0) is 13.8. The van der Waals surface area contributed by atoms with E-state index in [-0.39, 0.29) is 18.4 Å². The molecule has 1 saturated heterocycles. The molecule has 1 amide bonds. The Morgan fingerprint density at radius 2 is 2.05 bits per heavy atom. The van der Waals surface area contributed by atoms with Crippen molar-refractivity contribution in [2.24, 2.45) is 0 Å². The lowest BCUT2D eigenvalue weighted by Gasteiger charge is -2.41. The number of carboxylic acids is 1. The van der Waals surface area contributed by atoms with E-state index in [9.17, 15) is 14.7 Å². The minimum absolute atomic E-state index is 0.0853. The van der Waals surface area contributed by atoms with Gasteiger partial charge in [-0.1, -0.05) is 19.3 Å². The first kappa shape index (κ1) is 14.3. The van der Waals surface area contributed by atoms with Crippen LogP contribution in [0.25, 0.3) is 0 Å². The number of amides is 1. The number of hydrogen-bond acceptors (Lipinski definition) is 4. The Labute approximate surface area is 112 Å². The van der Waals surface area contributed by atoms with Crippen molar-refractivity contribution < 1.29 is 19.8 Å². The number of nitrogens with one attached hydrogen (secondary N) is 1. The topological polar surface area (TPSA) is 89.9 Å². The number of carboxylic acid groups (broad SMARTS) is 1. The van der Waals surface area contributed by atoms with E-state index in [2.05, 4.69) is 5.32 Å². The van der Waals surface area contributed by atoms with Crippen LogP contribution < -0.4 is 5.32 Å². The second-order valence-corrected chi connectivity index (χ2v) is 5.42. The van der Waals surface area contributed by atoms with Crippen LogP contribution in [0.4, 0.5) is 0 Å². The van der Waals surface area contributed by atoms with Crippen LogP contribution in [0.15, 0.2) is 0 Å². The summed E-state index contributed by atoms with van der Waals surface area (Å²) in [6.45, 7) is 1.14. The van der Waals surface area contributed by atoms with Crippen molar-refractivity contribution in [3.05, 3.63) is 0 Å². The number of carbonyl (C=O) groups excluding carboxylic acids is 1. The predicted molar refractivity (Wildman–Crippen MR) is 68.6 cm³/mol. The highest BCUT2D eigenvalue weighted by Crippen LogP contribution is 2.25. The Hall–Kier alpha value is -1.14. The number of aliphatic hydroxyl groups excluding tert-OH is 1. The molecule has 108 valence electrons. The van der Waals surface area contributed by atoms with E-state index in [1.54, 1.807) is 0 Å². The fourth-order valence-corrected chi connectivity index (χ4v) is 3.16. The number of hydrogen-bond donors (Lipinski definition) is 3. The molecule has 2 aliphatic rings. The lowest BCUT2D eigenvalue weighted by Crippen LogP contribution is -2.61. The molecule has 1 aliphatic carbocycles. The van der Waals surface area contributed by atoms with E-state index in [4.69, 9.17) is 5.11 Å². The molecule has 3 unspecified atom stereocenters. The third kappa shape index (κ3) is 3.45. The van der Waals surface area contributed by atoms with Crippen molar-refractivity contribution in [3.63, 3.8) is 0 Å². The first-order valence-electron chi connectivity index (χ1n) is 7.03. The molecular formula is C13H22N2O4. The standard InChI is InChI=1S/C13H22N2O4/c16-11-5-3-1-2-4-9(11)15-7-6-14-13(19)10(15)8-12(17)18/h9-11,16H,1-8H2,(H,14,19)(H,17,18). The average molecular weight is 270 g/mol. The lowest BCUT2D eigenvalue weighted by molar-refractivity contribution is -0.145. The molecule has 19 heavy (non-hydrogen) atoms. The molecule has 1 aliphatic heterocycles. The van der Waals surface area contributed by atoms with Gasteiger partial charge in [-0.05, 0) is 12.8 Å². The maximum Gasteiger partial charge on any atom is 0.305 e. The van der Waals surface area contributed by atoms with Gasteiger partial charge in [-0.3, -0.25) is 14.5 Å². The fraction of sp³-hybridized carbons (Fsp3) is 0.846. The summed E-state index contributed by atoms with van der Waals surface area (Å²) < 4.78 is 0. The third-order valence-corrected chi connectivity index (χ3v) is 4.11. The van der Waals surface area contributed by atoms with Gasteiger partial charge in [0.25, 0.3) is 0 Å². The maximum atomic E-state index is 11.9. The fourth-order valence-electron chi connectivity index (χ4n) is 3.16. The molecular weight excluding hydrogens is 248 g/mol. The number of aliphatic hydroxyl groups is 1. The van der Waals surface area contributed by atoms with Gasteiger partial charge in [0, 0.05) is 19.1 Å². The lowest BCUT2D eigenvalue weighted by atomic mass is 9.98. The minimum atomic E-state index is -0.977. The van der Waals surface area contributed by atoms with E-state index in [0.717, 1.165) is 32.1 Å². The van der Waals surface area contributed by atoms with Crippen molar-refractivity contribution in [1.29, 1.82) is 0 Å². The number of nitrogens with zero attached hydrogens (tertiary/aromatic N) is 1. The summed E-state index contributed by atoms with van der Waals surface area (Å²) in [6, 6.07) is -0.734. The average Bonchev–Trinajstić information content (AvgIpc) is 2.56. The van der Waals surface area contributed by atoms with E-state index < -0.39 is 18.1 Å². The van der Waals surface area contributed by atoms with Gasteiger partial charge in [-0.2, -0.15) is 0 Å². The first-order valence-corrected chi connectivity index (χ1v) is 7.03. The van der Waals surface area contributed by atoms with Crippen molar-refractivity contribution in [1.82, 2.24) is 10.2 Å². The van der Waals surface area contributed by atoms with Gasteiger partial charge >= 0.3 is 5.97 Å². The minimum Gasteiger partial charge on any atom is -0.481 e. The van der Waals surface area contributed by atoms with Crippen molar-refractivity contribution >= 4 is 11.9 Å². The molecule has 2 fully saturated rings. The van der Waals surface area contributed by atoms with E-state index in [1.807, 2.05) is 4.90 Å². The predicted octanol–water partition coefficient (Wildman–Crippen LogP) is -0.0449. The van der Waals surface area contributed by atoms with Crippen molar-refractivity contribution in [2.45, 2.75) is 56.7 Å². The second kappa shape index (κ2) is 6.34. The monoisotopic (exact) mass is 270 g/mol. The van der Waals surface area contributed by atoms with Crippen LogP contribution >= 0.6 is 0 Å². The molecule has 3 atom stereocenters. The summed E-state index contributed by atoms with van der Waals surface area (Å²) >= 11 is 0. The maximum absolute atomic E-state index is 11.9. The van der Waals surface area contributed by atoms with Crippen molar-refractivity contribution in [2.75, 3.05) is 13.1 Å². The van der Waals surface area contributed by atoms with Crippen LogP contribution in [0, 0.1) is 0 Å². The van der Waals surface area contributed by atoms with E-state index in [1.165, 1.54) is 0 Å². The van der Waals surface area contributed by atoms with Gasteiger partial charge in [0.15, 0.2) is 0 Å². The van der Waals surface area contributed by atoms with E-state index in [0.29, 0.717) is 13.1 Å². The molecule has 6 nitrogen and oxygen atoms in total. The SMILES string of the molecule is O=C(O)CC1C(=O)NCCN1C1CCCCCC1O. The highest BCUT2D eigenvalue weighted by atomic mass is 16.4. The summed E-state index contributed by atoms with van der Waals surface area (Å²) in [6.07, 6.45) is 4.05. The Kier molecular flexibility index (Phi) is 4.76. The van der Waals surface area contributed by atoms with Crippen LogP contribution in [0.2, 0.25) is 0 Å². The highest BCUT2D eigenvalue weighted by Gasteiger charge is 2.38. The van der Waals surface area contributed by atoms with Crippen LogP contribution in [-0.2, 0) is 9.59 Å². The van der Waals surface area contributed by atoms with Gasteiger partial charge in [-0.15, -0.1) is 0 Å². The quantitative estimate of drug-likeness (QED) is 0.626. The van der Waals surface area contributed by atoms with E-state index >= 15 is 0 Å². The third-order valence-electron chi connectivity index (χ3n) is 4.11. The second-order valence-electron chi connectivity index (χ2n) is 5.42. The molecule has 0 bridgehead atoms. The molecule has 3 N–H and O–H groups in total. The summed E-state index contributed by atoms with van der Waals surface area (Å²) in [5, 5.41) is 21.9. The van der Waals surface area contributed by atoms with Crippen LogP contribution in [-0.4, -0.2) is 58.3 Å². The highest BCUT2D eigenvalue weighted by molar-refractivity contribution is 5.86. The molecule has 0 aromatic heterocycles. The number of aliphatic carboxylic acids is 1. The molecule has 1 saturated carbocycles. The number of carbonyl (C=O) groups is 2. The largest absolute Gasteiger partial charge is 0.481 e. The Morgan fingerprint density at radius 1 is 1.32 bits per heavy atom. The van der Waals surface area contributed by atoms with Gasteiger partial charge < -0.3 is 15.5 Å². The Bertz CT molecular complexity index is 348. The van der Waals surface area contributed by atoms with Crippen LogP contribution in [0.3, 0.4) is 0 Å². The van der Waals surface area contributed by atoms with Gasteiger partial charge in [0.2, 0.25) is 5.91 Å². The Balaban J connectivity index is 2.13. The van der Waals surface area contributed by atoms with Crippen molar-refractivity contribution in [3.8, 4) is 0 Å². The molecule has 0 radical (unpaired) electrons. The molecule has 6 heteroatoms. The Morgan fingerprint density at radius 3 is 2.79 bits per heavy atom. The smallest absolute Gasteiger partial charge is 0.305 e. The molecule has 0 spiro atoms. The van der Waals surface area contributed by atoms with Crippen LogP contribution in [0.5, 0.6) is 0 Å². The molecule has 0 aromatic carbocycles. The van der Waals surface area contributed by atoms with Gasteiger partial charge in [0.1, 0.15) is 6.04 Å². The number of piperazine rings is 1. The summed E-state index contributed by atoms with van der Waals surface area (Å²) in [5.74, 6) is -1.21. The van der Waals surface area contributed by atoms with Gasteiger partial charge in [0.05, 0.1) is 12.5 Å². The van der Waals surface area contributed by atoms with Crippen LogP contribution in [0.1, 0.15) is 38.5 Å². The van der Waals surface area contributed by atoms with Gasteiger partial charge in [-0.25, -0.2) is 0 Å². The summed E-state index contributed by atoms with van der Waals surface area (Å²) in [4.78, 5) is 24.7. The zero-order valence-electron chi connectivity index (χ0n) is 11.0. The normalized spacial score (nSPS) is 33.5. The first-order chi connectivity index (χ1) is 9.09. The number of rotatable bonds is 3. The summed E-state index contributed by atoms with van der Waals surface area (Å²) in [7, 11) is 0. The molecule has 2 rings (SSSR count). The molecule has 0 aromatic rings.